The molecule has 0 N–H and O–H groups in total. The van der Waals surface area contributed by atoms with Gasteiger partial charge in [-0.3, -0.25) is 10.1 Å². The van der Waals surface area contributed by atoms with E-state index in [1.165, 1.54) is 6.07 Å². The maximum absolute atomic E-state index is 10.8. The lowest BCUT2D eigenvalue weighted by Crippen LogP contribution is -2.13. The first-order valence-corrected chi connectivity index (χ1v) is 7.97. The summed E-state index contributed by atoms with van der Waals surface area (Å²) in [7, 11) is 0. The summed E-state index contributed by atoms with van der Waals surface area (Å²) in [5.74, 6) is 1.06. The molecule has 0 aliphatic heterocycles. The molecule has 0 aliphatic rings. The van der Waals surface area contributed by atoms with Crippen LogP contribution in [0.5, 0.6) is 11.5 Å². The van der Waals surface area contributed by atoms with Gasteiger partial charge in [0.05, 0.1) is 31.4 Å². The number of nitro benzene ring substituents is 1. The first kappa shape index (κ1) is 18.7. The van der Waals surface area contributed by atoms with E-state index in [0.29, 0.717) is 33.0 Å². The lowest BCUT2D eigenvalue weighted by Gasteiger charge is -2.09. The Hall–Kier alpha value is -2.64. The van der Waals surface area contributed by atoms with Crippen molar-refractivity contribution in [1.82, 2.24) is 0 Å². The molecule has 2 aromatic carbocycles. The summed E-state index contributed by atoms with van der Waals surface area (Å²) in [6, 6.07) is 15.8. The molecule has 0 bridgehead atoms. The summed E-state index contributed by atoms with van der Waals surface area (Å²) in [6.07, 6.45) is 0. The average Bonchev–Trinajstić information content (AvgIpc) is 2.64. The highest BCUT2D eigenvalue weighted by Crippen LogP contribution is 2.25. The third-order valence-corrected chi connectivity index (χ3v) is 3.16. The monoisotopic (exact) mass is 347 g/mol. The van der Waals surface area contributed by atoms with E-state index in [4.69, 9.17) is 18.9 Å². The highest BCUT2D eigenvalue weighted by Gasteiger charge is 2.12. The van der Waals surface area contributed by atoms with Gasteiger partial charge in [0.15, 0.2) is 5.75 Å². The van der Waals surface area contributed by atoms with Crippen molar-refractivity contribution in [3.05, 3.63) is 64.7 Å². The van der Waals surface area contributed by atoms with Gasteiger partial charge in [0.2, 0.25) is 0 Å². The molecule has 0 saturated carbocycles. The SMILES string of the molecule is O=[N+]([O-])c1ccccc1OCCOCCOCCOc1ccccc1. The summed E-state index contributed by atoms with van der Waals surface area (Å²) in [5.41, 5.74) is -0.0516. The lowest BCUT2D eigenvalue weighted by molar-refractivity contribution is -0.385. The third kappa shape index (κ3) is 7.19. The van der Waals surface area contributed by atoms with Crippen LogP contribution in [-0.4, -0.2) is 44.6 Å². The van der Waals surface area contributed by atoms with Crippen LogP contribution in [-0.2, 0) is 9.47 Å². The van der Waals surface area contributed by atoms with Gasteiger partial charge in [-0.2, -0.15) is 0 Å². The van der Waals surface area contributed by atoms with E-state index in [0.717, 1.165) is 5.75 Å². The number of hydrogen-bond donors (Lipinski definition) is 0. The summed E-state index contributed by atoms with van der Waals surface area (Å²) >= 11 is 0. The minimum atomic E-state index is -0.471. The summed E-state index contributed by atoms with van der Waals surface area (Å²) in [5, 5.41) is 10.8. The van der Waals surface area contributed by atoms with Crippen LogP contribution >= 0.6 is 0 Å². The zero-order chi connectivity index (χ0) is 17.7. The van der Waals surface area contributed by atoms with E-state index in [2.05, 4.69) is 0 Å². The average molecular weight is 347 g/mol. The number of nitro groups is 1. The Morgan fingerprint density at radius 3 is 1.96 bits per heavy atom. The van der Waals surface area contributed by atoms with Crippen LogP contribution in [0.3, 0.4) is 0 Å². The fourth-order valence-electron chi connectivity index (χ4n) is 2.00. The van der Waals surface area contributed by atoms with Crippen LogP contribution < -0.4 is 9.47 Å². The van der Waals surface area contributed by atoms with Crippen molar-refractivity contribution in [1.29, 1.82) is 0 Å². The molecule has 0 saturated heterocycles. The van der Waals surface area contributed by atoms with Crippen molar-refractivity contribution in [2.24, 2.45) is 0 Å². The predicted molar refractivity (Wildman–Crippen MR) is 92.2 cm³/mol. The zero-order valence-corrected chi connectivity index (χ0v) is 13.8. The van der Waals surface area contributed by atoms with E-state index in [1.54, 1.807) is 18.2 Å². The second-order valence-electron chi connectivity index (χ2n) is 4.96. The van der Waals surface area contributed by atoms with Crippen molar-refractivity contribution in [3.63, 3.8) is 0 Å². The maximum Gasteiger partial charge on any atom is 0.310 e. The number of ether oxygens (including phenoxy) is 4. The van der Waals surface area contributed by atoms with E-state index < -0.39 is 4.92 Å². The molecule has 0 aromatic heterocycles. The fourth-order valence-corrected chi connectivity index (χ4v) is 2.00. The highest BCUT2D eigenvalue weighted by molar-refractivity contribution is 5.45. The Labute approximate surface area is 146 Å². The molecular weight excluding hydrogens is 326 g/mol. The Kier molecular flexibility index (Phi) is 8.23. The van der Waals surface area contributed by atoms with Crippen LogP contribution in [0.4, 0.5) is 5.69 Å². The molecule has 0 radical (unpaired) electrons. The lowest BCUT2D eigenvalue weighted by atomic mass is 10.3. The summed E-state index contributed by atoms with van der Waals surface area (Å²) < 4.78 is 21.6. The molecule has 0 fully saturated rings. The number of benzene rings is 2. The van der Waals surface area contributed by atoms with Crippen LogP contribution in [0.25, 0.3) is 0 Å². The van der Waals surface area contributed by atoms with Crippen LogP contribution in [0.2, 0.25) is 0 Å². The van der Waals surface area contributed by atoms with Crippen LogP contribution in [0, 0.1) is 10.1 Å². The Morgan fingerprint density at radius 2 is 1.28 bits per heavy atom. The Bertz CT molecular complexity index is 634. The summed E-state index contributed by atoms with van der Waals surface area (Å²) in [4.78, 5) is 10.4. The molecule has 7 nitrogen and oxygen atoms in total. The van der Waals surface area contributed by atoms with Crippen molar-refractivity contribution in [2.75, 3.05) is 39.6 Å². The topological polar surface area (TPSA) is 80.1 Å². The smallest absolute Gasteiger partial charge is 0.310 e. The fraction of sp³-hybridized carbons (Fsp3) is 0.333. The summed E-state index contributed by atoms with van der Waals surface area (Å²) in [6.45, 7) is 2.39. The van der Waals surface area contributed by atoms with E-state index in [-0.39, 0.29) is 18.0 Å². The second kappa shape index (κ2) is 11.0. The van der Waals surface area contributed by atoms with Gasteiger partial charge in [-0.15, -0.1) is 0 Å². The molecule has 0 amide bonds. The van der Waals surface area contributed by atoms with Gasteiger partial charge in [-0.05, 0) is 18.2 Å². The molecular formula is C18H21NO6. The molecule has 0 unspecified atom stereocenters. The Balaban J connectivity index is 1.47. The van der Waals surface area contributed by atoms with E-state index in [9.17, 15) is 10.1 Å². The van der Waals surface area contributed by atoms with E-state index in [1.807, 2.05) is 30.3 Å². The first-order chi connectivity index (χ1) is 12.3. The zero-order valence-electron chi connectivity index (χ0n) is 13.8. The minimum Gasteiger partial charge on any atom is -0.491 e. The van der Waals surface area contributed by atoms with Crippen molar-refractivity contribution in [2.45, 2.75) is 0 Å². The van der Waals surface area contributed by atoms with Crippen molar-refractivity contribution < 1.29 is 23.9 Å². The second-order valence-corrected chi connectivity index (χ2v) is 4.96. The Morgan fingerprint density at radius 1 is 0.720 bits per heavy atom. The largest absolute Gasteiger partial charge is 0.491 e. The molecule has 0 heterocycles. The first-order valence-electron chi connectivity index (χ1n) is 7.97. The van der Waals surface area contributed by atoms with Gasteiger partial charge >= 0.3 is 5.69 Å². The molecule has 2 aromatic rings. The standard InChI is InChI=1S/C18H21NO6/c20-19(21)17-8-4-5-9-18(17)25-15-13-23-11-10-22-12-14-24-16-6-2-1-3-7-16/h1-9H,10-15H2. The van der Waals surface area contributed by atoms with Crippen LogP contribution in [0.1, 0.15) is 0 Å². The van der Waals surface area contributed by atoms with Gasteiger partial charge in [-0.1, -0.05) is 30.3 Å². The van der Waals surface area contributed by atoms with Gasteiger partial charge in [-0.25, -0.2) is 0 Å². The quantitative estimate of drug-likeness (QED) is 0.333. The van der Waals surface area contributed by atoms with Gasteiger partial charge in [0, 0.05) is 6.07 Å². The number of para-hydroxylation sites is 3. The molecule has 2 rings (SSSR count). The predicted octanol–water partition coefficient (Wildman–Crippen LogP) is 3.09. The molecule has 0 aliphatic carbocycles. The molecule has 134 valence electrons. The maximum atomic E-state index is 10.8. The molecule has 0 atom stereocenters. The number of rotatable bonds is 12. The normalized spacial score (nSPS) is 10.4. The van der Waals surface area contributed by atoms with Crippen molar-refractivity contribution in [3.8, 4) is 11.5 Å². The van der Waals surface area contributed by atoms with Gasteiger partial charge in [0.25, 0.3) is 0 Å². The minimum absolute atomic E-state index is 0.0516. The molecule has 7 heteroatoms. The van der Waals surface area contributed by atoms with Gasteiger partial charge < -0.3 is 18.9 Å². The van der Waals surface area contributed by atoms with Crippen molar-refractivity contribution >= 4 is 5.69 Å². The highest BCUT2D eigenvalue weighted by atomic mass is 16.6. The van der Waals surface area contributed by atoms with E-state index >= 15 is 0 Å². The number of hydrogen-bond acceptors (Lipinski definition) is 6. The van der Waals surface area contributed by atoms with Crippen LogP contribution in [0.15, 0.2) is 54.6 Å². The molecule has 25 heavy (non-hydrogen) atoms. The third-order valence-electron chi connectivity index (χ3n) is 3.16. The van der Waals surface area contributed by atoms with Gasteiger partial charge in [0.1, 0.15) is 19.0 Å². The molecule has 0 spiro atoms. The number of nitrogens with zero attached hydrogens (tertiary/aromatic N) is 1.